The molecule has 0 amide bonds. The van der Waals surface area contributed by atoms with Crippen molar-refractivity contribution in [3.63, 3.8) is 0 Å². The van der Waals surface area contributed by atoms with Gasteiger partial charge in [-0.25, -0.2) is 9.97 Å². The molecular formula is C46H46N6. The van der Waals surface area contributed by atoms with E-state index in [1.807, 2.05) is 0 Å². The molecule has 6 heteroatoms. The van der Waals surface area contributed by atoms with Gasteiger partial charge in [-0.1, -0.05) is 85.0 Å². The first kappa shape index (κ1) is 32.4. The third-order valence-corrected chi connectivity index (χ3v) is 11.9. The summed E-state index contributed by atoms with van der Waals surface area (Å²) in [5.41, 5.74) is 7.81. The fourth-order valence-corrected chi connectivity index (χ4v) is 8.75. The van der Waals surface area contributed by atoms with Crippen molar-refractivity contribution in [1.29, 1.82) is 0 Å². The molecular weight excluding hydrogens is 637 g/mol. The zero-order chi connectivity index (χ0) is 36.2. The zero-order valence-corrected chi connectivity index (χ0v) is 31.4. The van der Waals surface area contributed by atoms with Crippen molar-refractivity contribution in [2.45, 2.75) is 77.0 Å². The normalized spacial score (nSPS) is 20.6. The Labute approximate surface area is 306 Å². The van der Waals surface area contributed by atoms with E-state index < -0.39 is 21.7 Å². The molecule has 6 aromatic rings. The van der Waals surface area contributed by atoms with E-state index in [4.69, 9.17) is 15.0 Å². The second kappa shape index (κ2) is 11.0. The number of hydrogen-bond donors (Lipinski definition) is 1. The number of hydrogen-bond acceptors (Lipinski definition) is 3. The Balaban J connectivity index is 1.40. The van der Waals surface area contributed by atoms with E-state index in [2.05, 4.69) is 191 Å². The van der Waals surface area contributed by atoms with Crippen LogP contribution in [0, 0.1) is 5.92 Å². The summed E-state index contributed by atoms with van der Waals surface area (Å²) in [4.78, 5) is 21.0. The Hall–Kier alpha value is -5.49. The van der Waals surface area contributed by atoms with Gasteiger partial charge in [-0.15, -0.1) is 0 Å². The molecule has 9 rings (SSSR count). The van der Waals surface area contributed by atoms with Crippen LogP contribution in [0.1, 0.15) is 89.8 Å². The minimum absolute atomic E-state index is 0.0360. The van der Waals surface area contributed by atoms with Crippen LogP contribution in [0.3, 0.4) is 0 Å². The highest BCUT2D eigenvalue weighted by atomic mass is 15.1. The molecule has 1 atom stereocenters. The highest BCUT2D eigenvalue weighted by molar-refractivity contribution is 6.03. The molecule has 0 radical (unpaired) electrons. The van der Waals surface area contributed by atoms with Crippen molar-refractivity contribution >= 4 is 16.5 Å². The molecule has 0 fully saturated rings. The van der Waals surface area contributed by atoms with Gasteiger partial charge >= 0.3 is 0 Å². The first-order valence-electron chi connectivity index (χ1n) is 18.4. The lowest BCUT2D eigenvalue weighted by molar-refractivity contribution is 0.540. The van der Waals surface area contributed by atoms with Gasteiger partial charge in [0, 0.05) is 68.4 Å². The zero-order valence-electron chi connectivity index (χ0n) is 31.4. The van der Waals surface area contributed by atoms with E-state index in [1.165, 1.54) is 16.3 Å². The Morgan fingerprint density at radius 3 is 1.63 bits per heavy atom. The van der Waals surface area contributed by atoms with Crippen molar-refractivity contribution in [2.75, 3.05) is 0 Å². The van der Waals surface area contributed by atoms with E-state index in [0.717, 1.165) is 57.2 Å². The highest BCUT2D eigenvalue weighted by Crippen LogP contribution is 2.49. The molecule has 52 heavy (non-hydrogen) atoms. The predicted octanol–water partition coefficient (Wildman–Crippen LogP) is 10.2. The minimum Gasteiger partial charge on any atom is -0.360 e. The van der Waals surface area contributed by atoms with Crippen LogP contribution in [0.5, 0.6) is 0 Å². The standard InChI is InChI=1S/C46H46N6/c1-43(2)35-27-51(29-19-11-9-12-20-29)41(47-35)46(7,8)40-34-26-18-16-24-32(34)38(50-40)44(3,4)36-28-52(30-21-13-10-14-22-30)42(48-36)45(5,6)39-33-25-17-15-23-31(33)37(43)49-39/h9-28,31,50H,1-8H3. The van der Waals surface area contributed by atoms with Gasteiger partial charge < -0.3 is 14.1 Å². The smallest absolute Gasteiger partial charge is 0.125 e. The van der Waals surface area contributed by atoms with E-state index in [1.54, 1.807) is 0 Å². The Bertz CT molecular complexity index is 2510. The van der Waals surface area contributed by atoms with Crippen molar-refractivity contribution in [3.8, 4) is 11.4 Å². The van der Waals surface area contributed by atoms with Crippen LogP contribution in [0.15, 0.2) is 138 Å². The third kappa shape index (κ3) is 4.52. The van der Waals surface area contributed by atoms with Crippen molar-refractivity contribution in [1.82, 2.24) is 24.1 Å². The summed E-state index contributed by atoms with van der Waals surface area (Å²) in [5, 5.41) is 2.40. The molecule has 0 saturated heterocycles. The number of rotatable bonds is 2. The Kier molecular flexibility index (Phi) is 6.86. The van der Waals surface area contributed by atoms with Crippen LogP contribution in [-0.2, 0) is 21.7 Å². The number of para-hydroxylation sites is 2. The average molecular weight is 683 g/mol. The van der Waals surface area contributed by atoms with E-state index in [9.17, 15) is 0 Å². The van der Waals surface area contributed by atoms with Crippen LogP contribution in [-0.4, -0.2) is 29.8 Å². The van der Waals surface area contributed by atoms with Gasteiger partial charge in [0.05, 0.1) is 27.9 Å². The molecule has 0 spiro atoms. The minimum atomic E-state index is -0.540. The molecule has 1 unspecified atom stereocenters. The first-order chi connectivity index (χ1) is 24.8. The number of imidazole rings is 2. The fraction of sp³-hybridized carbons (Fsp3) is 0.283. The lowest BCUT2D eigenvalue weighted by atomic mass is 9.74. The summed E-state index contributed by atoms with van der Waals surface area (Å²) in [6, 6.07) is 30.0. The average Bonchev–Trinajstić information content (AvgIpc) is 3.95. The summed E-state index contributed by atoms with van der Waals surface area (Å²) in [5.74, 6) is 1.98. The number of fused-ring (bicyclic) bond motifs is 12. The number of nitrogens with one attached hydrogen (secondary N) is 1. The van der Waals surface area contributed by atoms with Gasteiger partial charge in [-0.3, -0.25) is 4.99 Å². The molecule has 1 aliphatic carbocycles. The molecule has 260 valence electrons. The molecule has 1 N–H and O–H groups in total. The molecule has 5 heterocycles. The van der Waals surface area contributed by atoms with Crippen LogP contribution in [0.25, 0.3) is 22.1 Å². The van der Waals surface area contributed by atoms with Gasteiger partial charge in [-0.2, -0.15) is 0 Å². The van der Waals surface area contributed by atoms with E-state index in [-0.39, 0.29) is 5.92 Å². The van der Waals surface area contributed by atoms with Crippen LogP contribution in [0.2, 0.25) is 0 Å². The second-order valence-electron chi connectivity index (χ2n) is 16.8. The molecule has 0 saturated carbocycles. The SMILES string of the molecule is CC1(C)C2=NC(=C3C=CC=CC23)C(C)(C)c2nc(cn2-c2ccccc2)C(C)(C)c2[nH]c(c3ccccc23)C(C)(C)c2nc1cn2-c1ccccc1. The number of allylic oxidation sites excluding steroid dienone is 6. The lowest BCUT2D eigenvalue weighted by Gasteiger charge is -2.28. The fourth-order valence-electron chi connectivity index (χ4n) is 8.75. The van der Waals surface area contributed by atoms with Gasteiger partial charge in [0.1, 0.15) is 11.6 Å². The van der Waals surface area contributed by atoms with Crippen molar-refractivity contribution in [3.05, 3.63) is 167 Å². The third-order valence-electron chi connectivity index (χ3n) is 11.9. The molecule has 2 aliphatic heterocycles. The van der Waals surface area contributed by atoms with E-state index >= 15 is 0 Å². The number of H-pyrrole nitrogens is 1. The maximum atomic E-state index is 5.69. The Morgan fingerprint density at radius 2 is 1.06 bits per heavy atom. The number of aliphatic imine (C=N–C) groups is 1. The summed E-state index contributed by atoms with van der Waals surface area (Å²) in [6.45, 7) is 18.3. The molecule has 3 aromatic heterocycles. The van der Waals surface area contributed by atoms with Crippen molar-refractivity contribution < 1.29 is 0 Å². The molecule has 3 aromatic carbocycles. The topological polar surface area (TPSA) is 63.8 Å². The molecule has 3 aliphatic rings. The number of aromatic amines is 1. The second-order valence-corrected chi connectivity index (χ2v) is 16.8. The van der Waals surface area contributed by atoms with Crippen molar-refractivity contribution in [2.24, 2.45) is 10.9 Å². The molecule has 8 bridgehead atoms. The predicted molar refractivity (Wildman–Crippen MR) is 212 cm³/mol. The van der Waals surface area contributed by atoms with Crippen LogP contribution < -0.4 is 0 Å². The largest absolute Gasteiger partial charge is 0.360 e. The first-order valence-corrected chi connectivity index (χ1v) is 18.4. The molecule has 6 nitrogen and oxygen atoms in total. The Morgan fingerprint density at radius 1 is 0.558 bits per heavy atom. The lowest BCUT2D eigenvalue weighted by Crippen LogP contribution is -2.34. The number of benzene rings is 3. The monoisotopic (exact) mass is 682 g/mol. The summed E-state index contributed by atoms with van der Waals surface area (Å²) < 4.78 is 4.59. The van der Waals surface area contributed by atoms with Crippen LogP contribution in [0.4, 0.5) is 0 Å². The number of aromatic nitrogens is 5. The summed E-state index contributed by atoms with van der Waals surface area (Å²) >= 11 is 0. The highest BCUT2D eigenvalue weighted by Gasteiger charge is 2.47. The summed E-state index contributed by atoms with van der Waals surface area (Å²) in [6.07, 6.45) is 13.4. The maximum Gasteiger partial charge on any atom is 0.125 e. The van der Waals surface area contributed by atoms with E-state index in [0.29, 0.717) is 0 Å². The van der Waals surface area contributed by atoms with Gasteiger partial charge in [0.25, 0.3) is 0 Å². The maximum absolute atomic E-state index is 5.69. The number of nitrogens with zero attached hydrogens (tertiary/aromatic N) is 5. The van der Waals surface area contributed by atoms with Gasteiger partial charge in [0.2, 0.25) is 0 Å². The van der Waals surface area contributed by atoms with Gasteiger partial charge in [0.15, 0.2) is 0 Å². The van der Waals surface area contributed by atoms with Crippen LogP contribution >= 0.6 is 0 Å². The summed E-state index contributed by atoms with van der Waals surface area (Å²) in [7, 11) is 0. The van der Waals surface area contributed by atoms with Gasteiger partial charge in [-0.05, 0) is 85.2 Å². The quantitative estimate of drug-likeness (QED) is 0.198.